The van der Waals surface area contributed by atoms with Crippen LogP contribution in [0.4, 0.5) is 5.69 Å². The fraction of sp³-hybridized carbons (Fsp3) is 0.571. The van der Waals surface area contributed by atoms with E-state index in [2.05, 4.69) is 17.0 Å². The topological polar surface area (TPSA) is 32.7 Å². The van der Waals surface area contributed by atoms with Crippen LogP contribution in [0.5, 0.6) is 5.75 Å². The Morgan fingerprint density at radius 1 is 1.35 bits per heavy atom. The highest BCUT2D eigenvalue weighted by Gasteiger charge is 2.23. The van der Waals surface area contributed by atoms with Gasteiger partial charge in [-0.2, -0.15) is 0 Å². The summed E-state index contributed by atoms with van der Waals surface area (Å²) in [4.78, 5) is 2.39. The molecule has 1 unspecified atom stereocenters. The van der Waals surface area contributed by atoms with E-state index in [0.29, 0.717) is 12.6 Å². The average molecular weight is 235 g/mol. The van der Waals surface area contributed by atoms with Crippen LogP contribution in [0.25, 0.3) is 0 Å². The van der Waals surface area contributed by atoms with Crippen LogP contribution in [-0.2, 0) is 0 Å². The molecule has 1 atom stereocenters. The van der Waals surface area contributed by atoms with Gasteiger partial charge in [0, 0.05) is 24.9 Å². The number of hydrogen-bond donors (Lipinski definition) is 1. The van der Waals surface area contributed by atoms with E-state index in [0.717, 1.165) is 18.7 Å². The normalized spacial score (nSPS) is 19.6. The van der Waals surface area contributed by atoms with E-state index in [9.17, 15) is 0 Å². The smallest absolute Gasteiger partial charge is 0.119 e. The number of rotatable bonds is 5. The molecule has 1 saturated heterocycles. The fourth-order valence-electron chi connectivity index (χ4n) is 2.53. The van der Waals surface area contributed by atoms with Gasteiger partial charge in [0.15, 0.2) is 0 Å². The lowest BCUT2D eigenvalue weighted by Gasteiger charge is -2.26. The Labute approximate surface area is 103 Å². The summed E-state index contributed by atoms with van der Waals surface area (Å²) in [7, 11) is 0. The number of anilines is 1. The number of aliphatic hydroxyl groups is 1. The summed E-state index contributed by atoms with van der Waals surface area (Å²) in [6, 6.07) is 8.76. The maximum atomic E-state index is 9.06. The molecular formula is C14H21NO2. The van der Waals surface area contributed by atoms with Crippen LogP contribution < -0.4 is 9.64 Å². The first kappa shape index (κ1) is 12.2. The molecule has 3 nitrogen and oxygen atoms in total. The van der Waals surface area contributed by atoms with Crippen LogP contribution in [0.15, 0.2) is 24.3 Å². The zero-order valence-electron chi connectivity index (χ0n) is 10.4. The Hall–Kier alpha value is -1.22. The highest BCUT2D eigenvalue weighted by Crippen LogP contribution is 2.28. The van der Waals surface area contributed by atoms with Gasteiger partial charge in [-0.25, -0.2) is 0 Å². The molecule has 0 aliphatic carbocycles. The third-order valence-electron chi connectivity index (χ3n) is 3.32. The monoisotopic (exact) mass is 235 g/mol. The maximum absolute atomic E-state index is 9.06. The minimum atomic E-state index is 0.276. The summed E-state index contributed by atoms with van der Waals surface area (Å²) in [5.41, 5.74) is 1.24. The average Bonchev–Trinajstić information content (AvgIpc) is 2.79. The fourth-order valence-corrected chi connectivity index (χ4v) is 2.53. The van der Waals surface area contributed by atoms with E-state index in [4.69, 9.17) is 9.84 Å². The van der Waals surface area contributed by atoms with Gasteiger partial charge in [-0.3, -0.25) is 0 Å². The lowest BCUT2D eigenvalue weighted by molar-refractivity contribution is 0.276. The van der Waals surface area contributed by atoms with Gasteiger partial charge in [0.2, 0.25) is 0 Å². The number of aliphatic hydroxyl groups excluding tert-OH is 1. The maximum Gasteiger partial charge on any atom is 0.119 e. The SMILES string of the molecule is CCOc1ccc(N2CCCC2CCO)cc1. The van der Waals surface area contributed by atoms with Crippen molar-refractivity contribution in [2.75, 3.05) is 24.7 Å². The molecule has 0 radical (unpaired) electrons. The Kier molecular flexibility index (Phi) is 4.26. The molecule has 0 bridgehead atoms. The van der Waals surface area contributed by atoms with Crippen molar-refractivity contribution in [2.45, 2.75) is 32.2 Å². The zero-order chi connectivity index (χ0) is 12.1. The molecule has 1 aromatic rings. The van der Waals surface area contributed by atoms with Gasteiger partial charge in [-0.1, -0.05) is 0 Å². The molecule has 17 heavy (non-hydrogen) atoms. The van der Waals surface area contributed by atoms with Crippen molar-refractivity contribution in [3.05, 3.63) is 24.3 Å². The van der Waals surface area contributed by atoms with Crippen LogP contribution in [0.3, 0.4) is 0 Å². The molecule has 94 valence electrons. The van der Waals surface area contributed by atoms with Gasteiger partial charge < -0.3 is 14.7 Å². The van der Waals surface area contributed by atoms with Crippen LogP contribution in [0.1, 0.15) is 26.2 Å². The van der Waals surface area contributed by atoms with Crippen molar-refractivity contribution in [3.8, 4) is 5.75 Å². The molecule has 0 spiro atoms. The summed E-state index contributed by atoms with van der Waals surface area (Å²) in [5, 5.41) is 9.06. The van der Waals surface area contributed by atoms with Gasteiger partial charge >= 0.3 is 0 Å². The van der Waals surface area contributed by atoms with Crippen molar-refractivity contribution in [3.63, 3.8) is 0 Å². The van der Waals surface area contributed by atoms with Crippen LogP contribution >= 0.6 is 0 Å². The van der Waals surface area contributed by atoms with Gasteiger partial charge in [0.05, 0.1) is 6.61 Å². The van der Waals surface area contributed by atoms with Crippen molar-refractivity contribution >= 4 is 5.69 Å². The summed E-state index contributed by atoms with van der Waals surface area (Å²) in [5.74, 6) is 0.925. The standard InChI is InChI=1S/C14H21NO2/c1-2-17-14-7-5-13(6-8-14)15-10-3-4-12(15)9-11-16/h5-8,12,16H,2-4,9-11H2,1H3. The number of hydrogen-bond acceptors (Lipinski definition) is 3. The first-order valence-corrected chi connectivity index (χ1v) is 6.45. The lowest BCUT2D eigenvalue weighted by atomic mass is 10.1. The van der Waals surface area contributed by atoms with Crippen LogP contribution in [0.2, 0.25) is 0 Å². The zero-order valence-corrected chi connectivity index (χ0v) is 10.4. The molecule has 1 N–H and O–H groups in total. The third kappa shape index (κ3) is 2.91. The van der Waals surface area contributed by atoms with Gasteiger partial charge in [0.1, 0.15) is 5.75 Å². The highest BCUT2D eigenvalue weighted by molar-refractivity contribution is 5.50. The molecule has 1 fully saturated rings. The highest BCUT2D eigenvalue weighted by atomic mass is 16.5. The Bertz CT molecular complexity index is 337. The second-order valence-corrected chi connectivity index (χ2v) is 4.43. The molecule has 3 heteroatoms. The molecule has 0 aromatic heterocycles. The molecule has 1 heterocycles. The van der Waals surface area contributed by atoms with E-state index in [1.54, 1.807) is 0 Å². The van der Waals surface area contributed by atoms with Crippen molar-refractivity contribution < 1.29 is 9.84 Å². The summed E-state index contributed by atoms with van der Waals surface area (Å²) >= 11 is 0. The first-order chi connectivity index (χ1) is 8.35. The van der Waals surface area contributed by atoms with Crippen LogP contribution in [-0.4, -0.2) is 30.9 Å². The minimum Gasteiger partial charge on any atom is -0.494 e. The van der Waals surface area contributed by atoms with Gasteiger partial charge in [0.25, 0.3) is 0 Å². The van der Waals surface area contributed by atoms with E-state index in [1.165, 1.54) is 18.5 Å². The Balaban J connectivity index is 2.05. The van der Waals surface area contributed by atoms with Gasteiger partial charge in [-0.05, 0) is 50.5 Å². The molecule has 0 amide bonds. The quantitative estimate of drug-likeness (QED) is 0.851. The second kappa shape index (κ2) is 5.92. The summed E-state index contributed by atoms with van der Waals surface area (Å²) in [6.45, 7) is 4.07. The minimum absolute atomic E-state index is 0.276. The van der Waals surface area contributed by atoms with Crippen molar-refractivity contribution in [1.29, 1.82) is 0 Å². The second-order valence-electron chi connectivity index (χ2n) is 4.43. The lowest BCUT2D eigenvalue weighted by Crippen LogP contribution is -2.29. The van der Waals surface area contributed by atoms with E-state index >= 15 is 0 Å². The van der Waals surface area contributed by atoms with Gasteiger partial charge in [-0.15, -0.1) is 0 Å². The molecule has 1 aliphatic rings. The Morgan fingerprint density at radius 3 is 2.76 bits per heavy atom. The largest absolute Gasteiger partial charge is 0.494 e. The third-order valence-corrected chi connectivity index (χ3v) is 3.32. The number of benzene rings is 1. The first-order valence-electron chi connectivity index (χ1n) is 6.45. The van der Waals surface area contributed by atoms with Crippen molar-refractivity contribution in [1.82, 2.24) is 0 Å². The predicted molar refractivity (Wildman–Crippen MR) is 69.7 cm³/mol. The number of ether oxygens (including phenoxy) is 1. The summed E-state index contributed by atoms with van der Waals surface area (Å²) < 4.78 is 5.44. The summed E-state index contributed by atoms with van der Waals surface area (Å²) in [6.07, 6.45) is 3.28. The molecule has 1 aliphatic heterocycles. The van der Waals surface area contributed by atoms with E-state index < -0.39 is 0 Å². The molecule has 1 aromatic carbocycles. The predicted octanol–water partition coefficient (Wildman–Crippen LogP) is 2.44. The van der Waals surface area contributed by atoms with Crippen LogP contribution in [0, 0.1) is 0 Å². The molecule has 2 rings (SSSR count). The number of nitrogens with zero attached hydrogens (tertiary/aromatic N) is 1. The molecular weight excluding hydrogens is 214 g/mol. The molecule has 0 saturated carbocycles. The van der Waals surface area contributed by atoms with E-state index in [-0.39, 0.29) is 6.61 Å². The van der Waals surface area contributed by atoms with E-state index in [1.807, 2.05) is 19.1 Å². The van der Waals surface area contributed by atoms with Crippen molar-refractivity contribution in [2.24, 2.45) is 0 Å². The Morgan fingerprint density at radius 2 is 2.12 bits per heavy atom.